The van der Waals surface area contributed by atoms with Crippen molar-refractivity contribution in [1.82, 2.24) is 24.5 Å². The van der Waals surface area contributed by atoms with Crippen molar-refractivity contribution >= 4 is 86.0 Å². The third kappa shape index (κ3) is 3.87. The first-order valence-corrected chi connectivity index (χ1v) is 16.9. The van der Waals surface area contributed by atoms with Gasteiger partial charge in [0.2, 0.25) is 5.95 Å². The Kier molecular flexibility index (Phi) is 5.45. The van der Waals surface area contributed by atoms with Gasteiger partial charge in [-0.1, -0.05) is 97.1 Å². The minimum absolute atomic E-state index is 0.557. The lowest BCUT2D eigenvalue weighted by Crippen LogP contribution is -2.06. The quantitative estimate of drug-likeness (QED) is 0.191. The van der Waals surface area contributed by atoms with Crippen LogP contribution in [0.1, 0.15) is 0 Å². The van der Waals surface area contributed by atoms with Gasteiger partial charge in [0, 0.05) is 70.6 Å². The molecule has 5 heterocycles. The average Bonchev–Trinajstić information content (AvgIpc) is 3.84. The van der Waals surface area contributed by atoms with Crippen LogP contribution >= 0.6 is 11.3 Å². The molecule has 0 saturated carbocycles. The van der Waals surface area contributed by atoms with Crippen LogP contribution in [0.2, 0.25) is 0 Å². The number of benzene rings is 6. The Bertz CT molecular complexity index is 3130. The number of hydrogen-bond donors (Lipinski definition) is 0. The summed E-state index contributed by atoms with van der Waals surface area (Å²) in [6, 6.07) is 44.4. The maximum absolute atomic E-state index is 6.26. The van der Waals surface area contributed by atoms with E-state index < -0.39 is 0 Å². The Morgan fingerprint density at radius 3 is 2.31 bits per heavy atom. The second kappa shape index (κ2) is 10.0. The summed E-state index contributed by atoms with van der Waals surface area (Å²) in [5.41, 5.74) is 5.43. The van der Waals surface area contributed by atoms with Gasteiger partial charge in [0.15, 0.2) is 11.6 Å². The van der Waals surface area contributed by atoms with Crippen LogP contribution in [-0.4, -0.2) is 24.5 Å². The number of aromatic nitrogens is 5. The molecular formula is C42H23N5OS. The lowest BCUT2D eigenvalue weighted by molar-refractivity contribution is 0.668. The van der Waals surface area contributed by atoms with Gasteiger partial charge in [0.1, 0.15) is 11.2 Å². The normalized spacial score (nSPS) is 12.1. The molecule has 11 aromatic rings. The topological polar surface area (TPSA) is 69.6 Å². The van der Waals surface area contributed by atoms with Gasteiger partial charge in [-0.05, 0) is 35.7 Å². The molecule has 0 bridgehead atoms. The van der Waals surface area contributed by atoms with Gasteiger partial charge in [-0.25, -0.2) is 4.98 Å². The van der Waals surface area contributed by atoms with E-state index in [0.29, 0.717) is 17.6 Å². The maximum atomic E-state index is 6.26. The largest absolute Gasteiger partial charge is 0.456 e. The summed E-state index contributed by atoms with van der Waals surface area (Å²) in [6.45, 7) is 0. The molecule has 0 spiro atoms. The van der Waals surface area contributed by atoms with Crippen LogP contribution in [0, 0.1) is 0 Å². The van der Waals surface area contributed by atoms with Crippen molar-refractivity contribution in [2.45, 2.75) is 0 Å². The molecule has 0 radical (unpaired) electrons. The highest BCUT2D eigenvalue weighted by atomic mass is 32.1. The number of furan rings is 1. The zero-order valence-electron chi connectivity index (χ0n) is 25.8. The van der Waals surface area contributed by atoms with E-state index >= 15 is 0 Å². The first-order valence-electron chi connectivity index (χ1n) is 16.1. The molecule has 49 heavy (non-hydrogen) atoms. The summed E-state index contributed by atoms with van der Waals surface area (Å²) in [6.07, 6.45) is 3.60. The molecular weight excluding hydrogens is 623 g/mol. The molecule has 6 aromatic carbocycles. The number of fused-ring (bicyclic) bond motifs is 11. The van der Waals surface area contributed by atoms with E-state index in [-0.39, 0.29) is 0 Å². The average molecular weight is 646 g/mol. The zero-order chi connectivity index (χ0) is 32.1. The molecule has 228 valence electrons. The fraction of sp³-hybridized carbons (Fsp3) is 0. The van der Waals surface area contributed by atoms with Crippen molar-refractivity contribution in [2.24, 2.45) is 0 Å². The van der Waals surface area contributed by atoms with Crippen LogP contribution in [0.4, 0.5) is 0 Å². The van der Waals surface area contributed by atoms with Crippen molar-refractivity contribution in [3.8, 4) is 28.7 Å². The second-order valence-electron chi connectivity index (χ2n) is 12.3. The Balaban J connectivity index is 1.26. The van der Waals surface area contributed by atoms with Crippen molar-refractivity contribution in [3.63, 3.8) is 0 Å². The van der Waals surface area contributed by atoms with Crippen LogP contribution in [0.3, 0.4) is 0 Å². The Morgan fingerprint density at radius 2 is 1.35 bits per heavy atom. The predicted octanol–water partition coefficient (Wildman–Crippen LogP) is 11.1. The lowest BCUT2D eigenvalue weighted by Gasteiger charge is -2.12. The SMILES string of the molecule is c1ccc2c(c1)ccc1c3ccccc3n(-c3nc(-c4ccc5c(c4)sc4ccccc45)nc(-c4cccc5oc6ccncc6c45)n3)c21. The van der Waals surface area contributed by atoms with E-state index in [1.807, 2.05) is 24.4 Å². The highest BCUT2D eigenvalue weighted by Crippen LogP contribution is 2.40. The molecule has 0 aliphatic heterocycles. The molecule has 0 aliphatic carbocycles. The van der Waals surface area contributed by atoms with Crippen molar-refractivity contribution < 1.29 is 4.42 Å². The molecule has 7 heteroatoms. The standard InChI is InChI=1S/C42H23N5OS/c1-2-9-26-24(8-1)16-19-30-27-10-3-5-13-33(27)47(39(26)30)42-45-40(25-17-18-29-28-11-4-6-15-36(28)49-37(29)22-25)44-41(46-42)31-12-7-14-35-38(31)32-23-43-21-20-34(32)48-35/h1-23H. The molecule has 0 atom stereocenters. The summed E-state index contributed by atoms with van der Waals surface area (Å²) < 4.78 is 10.9. The van der Waals surface area contributed by atoms with Crippen LogP contribution in [0.5, 0.6) is 0 Å². The van der Waals surface area contributed by atoms with Crippen LogP contribution in [-0.2, 0) is 0 Å². The number of rotatable bonds is 3. The third-order valence-corrected chi connectivity index (χ3v) is 10.7. The Hall–Kier alpha value is -6.44. The number of thiophene rings is 1. The molecule has 0 aliphatic rings. The third-order valence-electron chi connectivity index (χ3n) is 9.56. The van der Waals surface area contributed by atoms with E-state index in [9.17, 15) is 0 Å². The van der Waals surface area contributed by atoms with Gasteiger partial charge in [-0.15, -0.1) is 11.3 Å². The van der Waals surface area contributed by atoms with Crippen molar-refractivity contribution in [2.75, 3.05) is 0 Å². The summed E-state index contributed by atoms with van der Waals surface area (Å²) in [4.78, 5) is 20.2. The summed E-state index contributed by atoms with van der Waals surface area (Å²) in [5.74, 6) is 1.73. The van der Waals surface area contributed by atoms with Gasteiger partial charge < -0.3 is 4.42 Å². The number of para-hydroxylation sites is 1. The monoisotopic (exact) mass is 645 g/mol. The first kappa shape index (κ1) is 26.6. The molecule has 0 fully saturated rings. The van der Waals surface area contributed by atoms with Gasteiger partial charge in [-0.3, -0.25) is 9.55 Å². The van der Waals surface area contributed by atoms with E-state index in [2.05, 4.69) is 119 Å². The van der Waals surface area contributed by atoms with Crippen LogP contribution in [0.15, 0.2) is 144 Å². The van der Waals surface area contributed by atoms with Crippen molar-refractivity contribution in [1.29, 1.82) is 0 Å². The number of hydrogen-bond acceptors (Lipinski definition) is 6. The molecule has 6 nitrogen and oxygen atoms in total. The summed E-state index contributed by atoms with van der Waals surface area (Å²) in [5, 5.41) is 8.94. The fourth-order valence-corrected chi connectivity index (χ4v) is 8.52. The molecule has 11 rings (SSSR count). The van der Waals surface area contributed by atoms with E-state index in [1.165, 1.54) is 20.2 Å². The van der Waals surface area contributed by atoms with Crippen molar-refractivity contribution in [3.05, 3.63) is 140 Å². The molecule has 0 saturated heterocycles. The van der Waals surface area contributed by atoms with Gasteiger partial charge >= 0.3 is 0 Å². The predicted molar refractivity (Wildman–Crippen MR) is 201 cm³/mol. The summed E-state index contributed by atoms with van der Waals surface area (Å²) >= 11 is 1.79. The number of nitrogens with zero attached hydrogens (tertiary/aromatic N) is 5. The molecule has 0 amide bonds. The Labute approximate surface area is 282 Å². The van der Waals surface area contributed by atoms with Gasteiger partial charge in [-0.2, -0.15) is 9.97 Å². The molecule has 5 aromatic heterocycles. The minimum Gasteiger partial charge on any atom is -0.456 e. The van der Waals surface area contributed by atoms with E-state index in [0.717, 1.165) is 65.6 Å². The zero-order valence-corrected chi connectivity index (χ0v) is 26.6. The highest BCUT2D eigenvalue weighted by molar-refractivity contribution is 7.25. The molecule has 0 unspecified atom stereocenters. The lowest BCUT2D eigenvalue weighted by atomic mass is 10.1. The van der Waals surface area contributed by atoms with Gasteiger partial charge in [0.05, 0.1) is 11.0 Å². The highest BCUT2D eigenvalue weighted by Gasteiger charge is 2.21. The maximum Gasteiger partial charge on any atom is 0.238 e. The van der Waals surface area contributed by atoms with Crippen LogP contribution < -0.4 is 0 Å². The van der Waals surface area contributed by atoms with E-state index in [1.54, 1.807) is 17.5 Å². The fourth-order valence-electron chi connectivity index (χ4n) is 7.37. The first-order chi connectivity index (χ1) is 24.3. The number of pyridine rings is 1. The van der Waals surface area contributed by atoms with Gasteiger partial charge in [0.25, 0.3) is 0 Å². The molecule has 0 N–H and O–H groups in total. The van der Waals surface area contributed by atoms with E-state index in [4.69, 9.17) is 19.4 Å². The second-order valence-corrected chi connectivity index (χ2v) is 13.4. The summed E-state index contributed by atoms with van der Waals surface area (Å²) in [7, 11) is 0. The smallest absolute Gasteiger partial charge is 0.238 e. The Morgan fingerprint density at radius 1 is 0.551 bits per heavy atom. The van der Waals surface area contributed by atoms with Crippen LogP contribution in [0.25, 0.3) is 103 Å². The minimum atomic E-state index is 0.557.